The van der Waals surface area contributed by atoms with Crippen LogP contribution in [0.5, 0.6) is 0 Å². The van der Waals surface area contributed by atoms with Gasteiger partial charge in [-0.3, -0.25) is 0 Å². The van der Waals surface area contributed by atoms with Gasteiger partial charge in [-0.1, -0.05) is 36.7 Å². The topological polar surface area (TPSA) is 9.23 Å². The van der Waals surface area contributed by atoms with Crippen LogP contribution in [0.4, 0.5) is 0 Å². The molecule has 0 aliphatic rings. The predicted octanol–water partition coefficient (Wildman–Crippen LogP) is 3.22. The number of hydrogen-bond donors (Lipinski definition) is 0. The molecule has 0 N–H and O–H groups in total. The first-order valence-corrected chi connectivity index (χ1v) is 5.32. The maximum atomic E-state index is 5.48. The second-order valence-electron chi connectivity index (χ2n) is 4.01. The van der Waals surface area contributed by atoms with Crippen LogP contribution in [0.25, 0.3) is 0 Å². The van der Waals surface area contributed by atoms with Gasteiger partial charge in [-0.25, -0.2) is 0 Å². The van der Waals surface area contributed by atoms with Crippen molar-refractivity contribution in [2.45, 2.75) is 33.6 Å². The first kappa shape index (κ1) is 11.4. The Bertz CT molecular complexity index is 86.1. The summed E-state index contributed by atoms with van der Waals surface area (Å²) in [5.41, 5.74) is 0.314. The molecule has 0 amide bonds. The van der Waals surface area contributed by atoms with Crippen LogP contribution in [0.15, 0.2) is 0 Å². The van der Waals surface area contributed by atoms with Crippen molar-refractivity contribution in [1.82, 2.24) is 0 Å². The second-order valence-corrected chi connectivity index (χ2v) is 4.80. The Balaban J connectivity index is 3.02. The van der Waals surface area contributed by atoms with E-state index in [1.54, 1.807) is 0 Å². The lowest BCUT2D eigenvalue weighted by Crippen LogP contribution is -2.14. The van der Waals surface area contributed by atoms with Gasteiger partial charge in [0, 0.05) is 11.9 Å². The van der Waals surface area contributed by atoms with E-state index >= 15 is 0 Å². The van der Waals surface area contributed by atoms with Crippen LogP contribution in [0.2, 0.25) is 0 Å². The van der Waals surface area contributed by atoms with E-state index in [2.05, 4.69) is 36.7 Å². The fourth-order valence-electron chi connectivity index (χ4n) is 0.677. The molecule has 11 heavy (non-hydrogen) atoms. The summed E-state index contributed by atoms with van der Waals surface area (Å²) < 4.78 is 5.48. The van der Waals surface area contributed by atoms with Crippen molar-refractivity contribution >= 4 is 15.9 Å². The first-order valence-electron chi connectivity index (χ1n) is 4.20. The molecule has 0 fully saturated rings. The average Bonchev–Trinajstić information content (AvgIpc) is 1.85. The van der Waals surface area contributed by atoms with Gasteiger partial charge >= 0.3 is 0 Å². The minimum absolute atomic E-state index is 0.314. The maximum absolute atomic E-state index is 5.48. The van der Waals surface area contributed by atoms with E-state index in [1.165, 1.54) is 12.8 Å². The molecule has 0 radical (unpaired) electrons. The Kier molecular flexibility index (Phi) is 6.25. The first-order chi connectivity index (χ1) is 5.06. The van der Waals surface area contributed by atoms with Gasteiger partial charge in [0.2, 0.25) is 0 Å². The van der Waals surface area contributed by atoms with Gasteiger partial charge in [-0.05, 0) is 18.3 Å². The molecule has 0 aromatic rings. The zero-order valence-electron chi connectivity index (χ0n) is 7.82. The average molecular weight is 223 g/mol. The van der Waals surface area contributed by atoms with Crippen molar-refractivity contribution < 1.29 is 4.74 Å². The van der Waals surface area contributed by atoms with Crippen LogP contribution < -0.4 is 0 Å². The third-order valence-electron chi connectivity index (χ3n) is 1.21. The van der Waals surface area contributed by atoms with Crippen LogP contribution in [0, 0.1) is 5.41 Å². The molecule has 0 heterocycles. The maximum Gasteiger partial charge on any atom is 0.0514 e. The van der Waals surface area contributed by atoms with Gasteiger partial charge in [-0.2, -0.15) is 0 Å². The number of halogens is 1. The van der Waals surface area contributed by atoms with E-state index in [-0.39, 0.29) is 0 Å². The Morgan fingerprint density at radius 1 is 1.18 bits per heavy atom. The molecule has 0 spiro atoms. The largest absolute Gasteiger partial charge is 0.381 e. The number of rotatable bonds is 5. The highest BCUT2D eigenvalue weighted by Crippen LogP contribution is 2.12. The van der Waals surface area contributed by atoms with Gasteiger partial charge in [0.1, 0.15) is 0 Å². The molecule has 0 aromatic heterocycles. The van der Waals surface area contributed by atoms with Crippen molar-refractivity contribution in [1.29, 1.82) is 0 Å². The molecule has 0 bridgehead atoms. The molecule has 1 nitrogen and oxygen atoms in total. The molecular weight excluding hydrogens is 204 g/mol. The highest BCUT2D eigenvalue weighted by Gasteiger charge is 2.08. The SMILES string of the molecule is CC(C)(C)COCCCCBr. The van der Waals surface area contributed by atoms with Gasteiger partial charge in [-0.15, -0.1) is 0 Å². The normalized spacial score (nSPS) is 12.0. The smallest absolute Gasteiger partial charge is 0.0514 e. The molecule has 68 valence electrons. The molecule has 0 saturated carbocycles. The van der Waals surface area contributed by atoms with E-state index in [1.807, 2.05) is 0 Å². The van der Waals surface area contributed by atoms with Gasteiger partial charge in [0.05, 0.1) is 6.61 Å². The number of unbranched alkanes of at least 4 members (excludes halogenated alkanes) is 1. The zero-order chi connectivity index (χ0) is 8.74. The van der Waals surface area contributed by atoms with Gasteiger partial charge < -0.3 is 4.74 Å². The van der Waals surface area contributed by atoms with Crippen LogP contribution in [0.1, 0.15) is 33.6 Å². The molecular formula is C9H19BrO. The Morgan fingerprint density at radius 2 is 1.82 bits per heavy atom. The molecule has 0 rings (SSSR count). The fraction of sp³-hybridized carbons (Fsp3) is 1.00. The minimum Gasteiger partial charge on any atom is -0.381 e. The lowest BCUT2D eigenvalue weighted by molar-refractivity contribution is 0.0696. The summed E-state index contributed by atoms with van der Waals surface area (Å²) in [5, 5.41) is 1.09. The third-order valence-corrected chi connectivity index (χ3v) is 1.77. The lowest BCUT2D eigenvalue weighted by Gasteiger charge is -2.17. The van der Waals surface area contributed by atoms with E-state index < -0.39 is 0 Å². The highest BCUT2D eigenvalue weighted by atomic mass is 79.9. The summed E-state index contributed by atoms with van der Waals surface area (Å²) in [7, 11) is 0. The van der Waals surface area contributed by atoms with Crippen molar-refractivity contribution in [3.8, 4) is 0 Å². The number of alkyl halides is 1. The summed E-state index contributed by atoms with van der Waals surface area (Å²) in [6, 6.07) is 0. The highest BCUT2D eigenvalue weighted by molar-refractivity contribution is 9.09. The van der Waals surface area contributed by atoms with Crippen LogP contribution in [-0.4, -0.2) is 18.5 Å². The van der Waals surface area contributed by atoms with Crippen molar-refractivity contribution in [2.75, 3.05) is 18.5 Å². The molecule has 0 saturated heterocycles. The van der Waals surface area contributed by atoms with Crippen LogP contribution >= 0.6 is 15.9 Å². The minimum atomic E-state index is 0.314. The monoisotopic (exact) mass is 222 g/mol. The lowest BCUT2D eigenvalue weighted by atomic mass is 9.99. The van der Waals surface area contributed by atoms with Crippen molar-refractivity contribution in [2.24, 2.45) is 5.41 Å². The Hall–Kier alpha value is 0.440. The molecule has 0 unspecified atom stereocenters. The van der Waals surface area contributed by atoms with E-state index in [4.69, 9.17) is 4.74 Å². The predicted molar refractivity (Wildman–Crippen MR) is 53.3 cm³/mol. The molecule has 2 heteroatoms. The third kappa shape index (κ3) is 10.4. The van der Waals surface area contributed by atoms with E-state index in [0.717, 1.165) is 18.5 Å². The summed E-state index contributed by atoms with van der Waals surface area (Å²) in [5.74, 6) is 0. The molecule has 0 aliphatic carbocycles. The summed E-state index contributed by atoms with van der Waals surface area (Å²) in [6.07, 6.45) is 2.38. The summed E-state index contributed by atoms with van der Waals surface area (Å²) in [6.45, 7) is 8.35. The summed E-state index contributed by atoms with van der Waals surface area (Å²) >= 11 is 3.39. The molecule has 0 aliphatic heterocycles. The second kappa shape index (κ2) is 6.01. The fourth-order valence-corrected chi connectivity index (χ4v) is 1.07. The van der Waals surface area contributed by atoms with Crippen LogP contribution in [-0.2, 0) is 4.74 Å². The quantitative estimate of drug-likeness (QED) is 0.513. The molecule has 0 atom stereocenters. The Morgan fingerprint density at radius 3 is 2.27 bits per heavy atom. The van der Waals surface area contributed by atoms with E-state index in [0.29, 0.717) is 5.41 Å². The number of ether oxygens (including phenoxy) is 1. The summed E-state index contributed by atoms with van der Waals surface area (Å²) in [4.78, 5) is 0. The van der Waals surface area contributed by atoms with E-state index in [9.17, 15) is 0 Å². The standard InChI is InChI=1S/C9H19BrO/c1-9(2,3)8-11-7-5-4-6-10/h4-8H2,1-3H3. The molecule has 0 aromatic carbocycles. The Labute approximate surface area is 78.6 Å². The zero-order valence-corrected chi connectivity index (χ0v) is 9.41. The van der Waals surface area contributed by atoms with Gasteiger partial charge in [0.15, 0.2) is 0 Å². The van der Waals surface area contributed by atoms with Crippen LogP contribution in [0.3, 0.4) is 0 Å². The van der Waals surface area contributed by atoms with Crippen molar-refractivity contribution in [3.63, 3.8) is 0 Å². The van der Waals surface area contributed by atoms with Gasteiger partial charge in [0.25, 0.3) is 0 Å². The van der Waals surface area contributed by atoms with Crippen molar-refractivity contribution in [3.05, 3.63) is 0 Å². The number of hydrogen-bond acceptors (Lipinski definition) is 1.